The van der Waals surface area contributed by atoms with Gasteiger partial charge in [0.15, 0.2) is 0 Å². The standard InChI is InChI=1S/C14H20N4/c1-18(13-8-3-2-4-9-13)11-12-7-5-6-10-14(12)16-17-15/h5-7,10,13H,2-4,8-9,11H2,1H3. The lowest BCUT2D eigenvalue weighted by Crippen LogP contribution is -2.32. The molecule has 0 amide bonds. The molecule has 0 saturated heterocycles. The molecule has 0 heterocycles. The molecule has 96 valence electrons. The molecule has 1 saturated carbocycles. The summed E-state index contributed by atoms with van der Waals surface area (Å²) >= 11 is 0. The van der Waals surface area contributed by atoms with Gasteiger partial charge in [-0.1, -0.05) is 48.6 Å². The molecular formula is C14H20N4. The summed E-state index contributed by atoms with van der Waals surface area (Å²) in [4.78, 5) is 5.29. The van der Waals surface area contributed by atoms with E-state index < -0.39 is 0 Å². The fourth-order valence-corrected chi connectivity index (χ4v) is 2.71. The van der Waals surface area contributed by atoms with Gasteiger partial charge in [-0.3, -0.25) is 4.90 Å². The van der Waals surface area contributed by atoms with Gasteiger partial charge < -0.3 is 0 Å². The smallest absolute Gasteiger partial charge is 0.0420 e. The second-order valence-electron chi connectivity index (χ2n) is 5.03. The van der Waals surface area contributed by atoms with E-state index in [4.69, 9.17) is 5.53 Å². The number of nitrogens with zero attached hydrogens (tertiary/aromatic N) is 4. The Kier molecular flexibility index (Phi) is 4.62. The van der Waals surface area contributed by atoms with Crippen molar-refractivity contribution in [2.75, 3.05) is 7.05 Å². The van der Waals surface area contributed by atoms with Crippen LogP contribution in [0.15, 0.2) is 29.4 Å². The van der Waals surface area contributed by atoms with E-state index >= 15 is 0 Å². The number of azide groups is 1. The Balaban J connectivity index is 2.05. The first-order valence-corrected chi connectivity index (χ1v) is 6.64. The van der Waals surface area contributed by atoms with Crippen LogP contribution in [-0.4, -0.2) is 18.0 Å². The highest BCUT2D eigenvalue weighted by Crippen LogP contribution is 2.25. The maximum atomic E-state index is 8.57. The zero-order valence-electron chi connectivity index (χ0n) is 10.9. The van der Waals surface area contributed by atoms with Gasteiger partial charge in [-0.15, -0.1) is 0 Å². The summed E-state index contributed by atoms with van der Waals surface area (Å²) in [7, 11) is 2.17. The summed E-state index contributed by atoms with van der Waals surface area (Å²) in [5.74, 6) is 0. The predicted octanol–water partition coefficient (Wildman–Crippen LogP) is 4.39. The fraction of sp³-hybridized carbons (Fsp3) is 0.571. The van der Waals surface area contributed by atoms with Crippen molar-refractivity contribution in [1.29, 1.82) is 0 Å². The number of rotatable bonds is 4. The molecule has 0 radical (unpaired) electrons. The molecule has 0 spiro atoms. The second kappa shape index (κ2) is 6.43. The van der Waals surface area contributed by atoms with Crippen molar-refractivity contribution >= 4 is 5.69 Å². The SMILES string of the molecule is CN(Cc1ccccc1N=[N+]=[N-])C1CCCCC1. The fourth-order valence-electron chi connectivity index (χ4n) is 2.71. The first-order chi connectivity index (χ1) is 8.81. The predicted molar refractivity (Wildman–Crippen MR) is 73.6 cm³/mol. The average molecular weight is 244 g/mol. The summed E-state index contributed by atoms with van der Waals surface area (Å²) in [5.41, 5.74) is 10.4. The number of benzene rings is 1. The number of hydrogen-bond donors (Lipinski definition) is 0. The quantitative estimate of drug-likeness (QED) is 0.440. The van der Waals surface area contributed by atoms with E-state index in [9.17, 15) is 0 Å². The van der Waals surface area contributed by atoms with Crippen molar-refractivity contribution in [1.82, 2.24) is 4.90 Å². The van der Waals surface area contributed by atoms with Crippen molar-refractivity contribution in [2.24, 2.45) is 5.11 Å². The number of hydrogen-bond acceptors (Lipinski definition) is 2. The molecule has 1 fully saturated rings. The van der Waals surface area contributed by atoms with Gasteiger partial charge in [-0.05, 0) is 31.0 Å². The lowest BCUT2D eigenvalue weighted by atomic mass is 9.94. The third-order valence-electron chi connectivity index (χ3n) is 3.76. The Hall–Kier alpha value is -1.51. The van der Waals surface area contributed by atoms with Crippen LogP contribution in [0.2, 0.25) is 0 Å². The summed E-state index contributed by atoms with van der Waals surface area (Å²) in [5, 5.41) is 3.76. The summed E-state index contributed by atoms with van der Waals surface area (Å²) < 4.78 is 0. The van der Waals surface area contributed by atoms with E-state index in [1.807, 2.05) is 24.3 Å². The highest BCUT2D eigenvalue weighted by atomic mass is 15.1. The minimum Gasteiger partial charge on any atom is -0.299 e. The van der Waals surface area contributed by atoms with Crippen LogP contribution in [0.1, 0.15) is 37.7 Å². The van der Waals surface area contributed by atoms with Crippen LogP contribution >= 0.6 is 0 Å². The Bertz CT molecular complexity index is 431. The molecule has 1 aromatic rings. The molecule has 1 aliphatic rings. The molecule has 0 bridgehead atoms. The van der Waals surface area contributed by atoms with Gasteiger partial charge in [-0.2, -0.15) is 0 Å². The third-order valence-corrected chi connectivity index (χ3v) is 3.76. The average Bonchev–Trinajstić information content (AvgIpc) is 2.42. The first kappa shape index (κ1) is 12.9. The Morgan fingerprint density at radius 1 is 1.28 bits per heavy atom. The van der Waals surface area contributed by atoms with Crippen molar-refractivity contribution in [2.45, 2.75) is 44.7 Å². The monoisotopic (exact) mass is 244 g/mol. The van der Waals surface area contributed by atoms with E-state index in [-0.39, 0.29) is 0 Å². The molecule has 4 nitrogen and oxygen atoms in total. The normalized spacial score (nSPS) is 16.6. The van der Waals surface area contributed by atoms with Gasteiger partial charge >= 0.3 is 0 Å². The Labute approximate surface area is 108 Å². The minimum absolute atomic E-state index is 0.679. The summed E-state index contributed by atoms with van der Waals surface area (Å²) in [6.45, 7) is 0.861. The zero-order valence-corrected chi connectivity index (χ0v) is 10.9. The molecule has 0 N–H and O–H groups in total. The third kappa shape index (κ3) is 3.25. The van der Waals surface area contributed by atoms with Crippen LogP contribution in [0.25, 0.3) is 10.4 Å². The Morgan fingerprint density at radius 2 is 2.00 bits per heavy atom. The van der Waals surface area contributed by atoms with Crippen LogP contribution in [-0.2, 0) is 6.54 Å². The van der Waals surface area contributed by atoms with Gasteiger partial charge in [-0.25, -0.2) is 0 Å². The van der Waals surface area contributed by atoms with Crippen LogP contribution in [0.3, 0.4) is 0 Å². The largest absolute Gasteiger partial charge is 0.299 e. The molecule has 1 aromatic carbocycles. The zero-order chi connectivity index (χ0) is 12.8. The molecule has 2 rings (SSSR count). The molecule has 18 heavy (non-hydrogen) atoms. The second-order valence-corrected chi connectivity index (χ2v) is 5.03. The van der Waals surface area contributed by atoms with E-state index in [2.05, 4.69) is 22.0 Å². The summed E-state index contributed by atoms with van der Waals surface area (Å²) in [6, 6.07) is 8.51. The van der Waals surface area contributed by atoms with E-state index in [0.29, 0.717) is 6.04 Å². The van der Waals surface area contributed by atoms with E-state index in [1.165, 1.54) is 32.1 Å². The van der Waals surface area contributed by atoms with Crippen LogP contribution in [0.4, 0.5) is 5.69 Å². The molecule has 0 aromatic heterocycles. The molecule has 4 heteroatoms. The molecule has 0 aliphatic heterocycles. The highest BCUT2D eigenvalue weighted by molar-refractivity contribution is 5.45. The van der Waals surface area contributed by atoms with Crippen LogP contribution < -0.4 is 0 Å². The highest BCUT2D eigenvalue weighted by Gasteiger charge is 2.18. The van der Waals surface area contributed by atoms with Gasteiger partial charge in [0.1, 0.15) is 0 Å². The van der Waals surface area contributed by atoms with Crippen molar-refractivity contribution < 1.29 is 0 Å². The Morgan fingerprint density at radius 3 is 2.72 bits per heavy atom. The van der Waals surface area contributed by atoms with E-state index in [0.717, 1.165) is 17.8 Å². The van der Waals surface area contributed by atoms with Crippen molar-refractivity contribution in [3.8, 4) is 0 Å². The minimum atomic E-state index is 0.679. The molecule has 0 atom stereocenters. The van der Waals surface area contributed by atoms with Gasteiger partial charge in [0, 0.05) is 23.2 Å². The van der Waals surface area contributed by atoms with Gasteiger partial charge in [0.25, 0.3) is 0 Å². The maximum Gasteiger partial charge on any atom is 0.0420 e. The maximum absolute atomic E-state index is 8.57. The molecular weight excluding hydrogens is 224 g/mol. The van der Waals surface area contributed by atoms with Crippen LogP contribution in [0, 0.1) is 0 Å². The topological polar surface area (TPSA) is 52.0 Å². The van der Waals surface area contributed by atoms with Crippen LogP contribution in [0.5, 0.6) is 0 Å². The molecule has 1 aliphatic carbocycles. The molecule has 0 unspecified atom stereocenters. The van der Waals surface area contributed by atoms with Gasteiger partial charge in [0.2, 0.25) is 0 Å². The van der Waals surface area contributed by atoms with Crippen molar-refractivity contribution in [3.05, 3.63) is 40.3 Å². The van der Waals surface area contributed by atoms with Gasteiger partial charge in [0.05, 0.1) is 0 Å². The summed E-state index contributed by atoms with van der Waals surface area (Å²) in [6.07, 6.45) is 6.64. The van der Waals surface area contributed by atoms with E-state index in [1.54, 1.807) is 0 Å². The first-order valence-electron chi connectivity index (χ1n) is 6.64. The van der Waals surface area contributed by atoms with Crippen molar-refractivity contribution in [3.63, 3.8) is 0 Å². The lowest BCUT2D eigenvalue weighted by molar-refractivity contribution is 0.185. The lowest BCUT2D eigenvalue weighted by Gasteiger charge is -2.31.